The van der Waals surface area contributed by atoms with Gasteiger partial charge >= 0.3 is 0 Å². The Morgan fingerprint density at radius 2 is 2.00 bits per heavy atom. The first-order valence-electron chi connectivity index (χ1n) is 9.30. The van der Waals surface area contributed by atoms with Crippen molar-refractivity contribution in [3.63, 3.8) is 0 Å². The Morgan fingerprint density at radius 3 is 2.76 bits per heavy atom. The summed E-state index contributed by atoms with van der Waals surface area (Å²) in [6.45, 7) is 1.50. The van der Waals surface area contributed by atoms with Crippen molar-refractivity contribution in [1.82, 2.24) is 10.6 Å². The Labute approximate surface area is 149 Å². The Morgan fingerprint density at radius 1 is 1.20 bits per heavy atom. The van der Waals surface area contributed by atoms with Crippen molar-refractivity contribution in [3.8, 4) is 5.75 Å². The molecule has 5 nitrogen and oxygen atoms in total. The Bertz CT molecular complexity index is 687. The van der Waals surface area contributed by atoms with Crippen LogP contribution in [0.1, 0.15) is 44.1 Å². The van der Waals surface area contributed by atoms with Gasteiger partial charge in [0.15, 0.2) is 0 Å². The number of nitrogens with one attached hydrogen (secondary N) is 2. The van der Waals surface area contributed by atoms with E-state index in [4.69, 9.17) is 9.15 Å². The molecule has 0 aliphatic heterocycles. The van der Waals surface area contributed by atoms with E-state index in [1.807, 2.05) is 18.2 Å². The van der Waals surface area contributed by atoms with E-state index >= 15 is 0 Å². The zero-order valence-corrected chi connectivity index (χ0v) is 15.0. The van der Waals surface area contributed by atoms with Crippen LogP contribution < -0.4 is 15.4 Å². The van der Waals surface area contributed by atoms with Gasteiger partial charge in [0, 0.05) is 36.1 Å². The van der Waals surface area contributed by atoms with Crippen LogP contribution in [-0.2, 0) is 11.2 Å². The molecule has 0 saturated heterocycles. The molecule has 25 heavy (non-hydrogen) atoms. The van der Waals surface area contributed by atoms with Crippen LogP contribution in [0, 0.1) is 0 Å². The molecule has 136 valence electrons. The highest BCUT2D eigenvalue weighted by Gasteiger charge is 2.13. The molecule has 0 atom stereocenters. The lowest BCUT2D eigenvalue weighted by Gasteiger charge is -2.16. The first-order valence-corrected chi connectivity index (χ1v) is 9.30. The summed E-state index contributed by atoms with van der Waals surface area (Å²) in [5.74, 6) is 0.781. The van der Waals surface area contributed by atoms with Crippen LogP contribution in [0.3, 0.4) is 0 Å². The fourth-order valence-corrected chi connectivity index (χ4v) is 3.52. The summed E-state index contributed by atoms with van der Waals surface area (Å²) in [5, 5.41) is 7.53. The normalized spacial score (nSPS) is 15.9. The maximum absolute atomic E-state index is 12.2. The van der Waals surface area contributed by atoms with E-state index in [-0.39, 0.29) is 5.91 Å². The molecule has 2 N–H and O–H groups in total. The fourth-order valence-electron chi connectivity index (χ4n) is 3.52. The molecule has 1 aromatic carbocycles. The molecule has 1 aliphatic rings. The summed E-state index contributed by atoms with van der Waals surface area (Å²) in [7, 11) is 1.63. The van der Waals surface area contributed by atoms with E-state index in [2.05, 4.69) is 10.6 Å². The topological polar surface area (TPSA) is 63.5 Å². The quantitative estimate of drug-likeness (QED) is 0.597. The molecular formula is C20H28N2O3. The van der Waals surface area contributed by atoms with Gasteiger partial charge in [-0.2, -0.15) is 0 Å². The van der Waals surface area contributed by atoms with Gasteiger partial charge < -0.3 is 19.8 Å². The number of benzene rings is 1. The van der Waals surface area contributed by atoms with Gasteiger partial charge in [-0.15, -0.1) is 0 Å². The minimum absolute atomic E-state index is 0.0289. The largest absolute Gasteiger partial charge is 0.497 e. The van der Waals surface area contributed by atoms with E-state index in [0.717, 1.165) is 28.8 Å². The molecule has 5 heteroatoms. The van der Waals surface area contributed by atoms with Crippen LogP contribution in [0.2, 0.25) is 0 Å². The van der Waals surface area contributed by atoms with E-state index in [1.165, 1.54) is 38.5 Å². The van der Waals surface area contributed by atoms with E-state index < -0.39 is 0 Å². The third-order valence-electron chi connectivity index (χ3n) is 4.95. The lowest BCUT2D eigenvalue weighted by atomic mass is 10.1. The molecule has 0 bridgehead atoms. The molecule has 1 amide bonds. The van der Waals surface area contributed by atoms with Crippen molar-refractivity contribution >= 4 is 16.9 Å². The third kappa shape index (κ3) is 4.98. The number of amides is 1. The summed E-state index contributed by atoms with van der Waals surface area (Å²) in [4.78, 5) is 12.2. The molecule has 0 spiro atoms. The Hall–Kier alpha value is -2.01. The molecule has 3 rings (SSSR count). The SMILES string of the molecule is COc1ccc2c(CC(=O)NCCNC3CCCCCC3)coc2c1. The highest BCUT2D eigenvalue weighted by Crippen LogP contribution is 2.25. The first kappa shape index (κ1) is 17.8. The average molecular weight is 344 g/mol. The minimum atomic E-state index is 0.0289. The number of rotatable bonds is 7. The summed E-state index contributed by atoms with van der Waals surface area (Å²) in [5.41, 5.74) is 1.66. The van der Waals surface area contributed by atoms with E-state index in [0.29, 0.717) is 19.0 Å². The number of ether oxygens (including phenoxy) is 1. The number of carbonyl (C=O) groups is 1. The van der Waals surface area contributed by atoms with Gasteiger partial charge in [-0.25, -0.2) is 0 Å². The van der Waals surface area contributed by atoms with Gasteiger partial charge in [0.25, 0.3) is 0 Å². The zero-order valence-electron chi connectivity index (χ0n) is 15.0. The minimum Gasteiger partial charge on any atom is -0.497 e. The van der Waals surface area contributed by atoms with Crippen molar-refractivity contribution in [3.05, 3.63) is 30.0 Å². The average Bonchev–Trinajstić information content (AvgIpc) is 2.84. The maximum Gasteiger partial charge on any atom is 0.224 e. The number of carbonyl (C=O) groups excluding carboxylic acids is 1. The summed E-state index contributed by atoms with van der Waals surface area (Å²) >= 11 is 0. The second-order valence-electron chi connectivity index (χ2n) is 6.79. The van der Waals surface area contributed by atoms with Gasteiger partial charge in [-0.1, -0.05) is 25.7 Å². The molecule has 1 fully saturated rings. The van der Waals surface area contributed by atoms with Crippen LogP contribution in [0.4, 0.5) is 0 Å². The van der Waals surface area contributed by atoms with Crippen molar-refractivity contribution in [2.24, 2.45) is 0 Å². The predicted octanol–water partition coefficient (Wildman–Crippen LogP) is 3.41. The lowest BCUT2D eigenvalue weighted by molar-refractivity contribution is -0.120. The van der Waals surface area contributed by atoms with Crippen molar-refractivity contribution in [1.29, 1.82) is 0 Å². The predicted molar refractivity (Wildman–Crippen MR) is 99.0 cm³/mol. The van der Waals surface area contributed by atoms with Crippen LogP contribution in [0.5, 0.6) is 5.75 Å². The van der Waals surface area contributed by atoms with Crippen LogP contribution in [0.15, 0.2) is 28.9 Å². The first-order chi connectivity index (χ1) is 12.3. The van der Waals surface area contributed by atoms with E-state index in [1.54, 1.807) is 13.4 Å². The van der Waals surface area contributed by atoms with Gasteiger partial charge in [-0.05, 0) is 25.0 Å². The zero-order chi connectivity index (χ0) is 17.5. The Balaban J connectivity index is 1.43. The number of fused-ring (bicyclic) bond motifs is 1. The highest BCUT2D eigenvalue weighted by molar-refractivity contribution is 5.88. The van der Waals surface area contributed by atoms with Crippen LogP contribution in [-0.4, -0.2) is 32.1 Å². The third-order valence-corrected chi connectivity index (χ3v) is 4.95. The Kier molecular flexibility index (Phi) is 6.34. The number of methoxy groups -OCH3 is 1. The molecule has 1 saturated carbocycles. The lowest BCUT2D eigenvalue weighted by Crippen LogP contribution is -2.37. The maximum atomic E-state index is 12.2. The van der Waals surface area contributed by atoms with E-state index in [9.17, 15) is 4.79 Å². The van der Waals surface area contributed by atoms with Gasteiger partial charge in [0.1, 0.15) is 11.3 Å². The van der Waals surface area contributed by atoms with Gasteiger partial charge in [0.05, 0.1) is 19.8 Å². The summed E-state index contributed by atoms with van der Waals surface area (Å²) in [6, 6.07) is 6.28. The van der Waals surface area contributed by atoms with Crippen LogP contribution >= 0.6 is 0 Å². The fraction of sp³-hybridized carbons (Fsp3) is 0.550. The monoisotopic (exact) mass is 344 g/mol. The van der Waals surface area contributed by atoms with Gasteiger partial charge in [-0.3, -0.25) is 4.79 Å². The van der Waals surface area contributed by atoms with Gasteiger partial charge in [0.2, 0.25) is 5.91 Å². The van der Waals surface area contributed by atoms with Crippen molar-refractivity contribution < 1.29 is 13.9 Å². The molecule has 0 unspecified atom stereocenters. The number of furan rings is 1. The molecule has 0 radical (unpaired) electrons. The van der Waals surface area contributed by atoms with Crippen molar-refractivity contribution in [2.75, 3.05) is 20.2 Å². The number of hydrogen-bond donors (Lipinski definition) is 2. The highest BCUT2D eigenvalue weighted by atomic mass is 16.5. The second kappa shape index (κ2) is 8.90. The molecule has 2 aromatic rings. The summed E-state index contributed by atoms with van der Waals surface area (Å²) < 4.78 is 10.7. The standard InChI is InChI=1S/C20H28N2O3/c1-24-17-8-9-18-15(14-25-19(18)13-17)12-20(23)22-11-10-21-16-6-4-2-3-5-7-16/h8-9,13-14,16,21H,2-7,10-12H2,1H3,(H,22,23). The molecule has 1 aliphatic carbocycles. The second-order valence-corrected chi connectivity index (χ2v) is 6.79. The summed E-state index contributed by atoms with van der Waals surface area (Å²) in [6.07, 6.45) is 9.89. The molecule has 1 aromatic heterocycles. The molecule has 1 heterocycles. The van der Waals surface area contributed by atoms with Crippen molar-refractivity contribution in [2.45, 2.75) is 51.0 Å². The molecular weight excluding hydrogens is 316 g/mol. The van der Waals surface area contributed by atoms with Crippen LogP contribution in [0.25, 0.3) is 11.0 Å². The smallest absolute Gasteiger partial charge is 0.224 e. The number of hydrogen-bond acceptors (Lipinski definition) is 4.